The number of ether oxygens (including phenoxy) is 1. The fraction of sp³-hybridized carbons (Fsp3) is 0.0476. The Kier molecular flexibility index (Phi) is 6.63. The second-order valence-corrected chi connectivity index (χ2v) is 6.94. The Morgan fingerprint density at radius 2 is 1.78 bits per heavy atom. The average molecular weight is 444 g/mol. The monoisotopic (exact) mass is 442 g/mol. The van der Waals surface area contributed by atoms with E-state index in [1.807, 2.05) is 48.5 Å². The van der Waals surface area contributed by atoms with E-state index >= 15 is 0 Å². The summed E-state index contributed by atoms with van der Waals surface area (Å²) in [6.07, 6.45) is 1.54. The van der Waals surface area contributed by atoms with Gasteiger partial charge >= 0.3 is 0 Å². The SMILES string of the molecule is O=C(COc1ccc(-c2ccccc2)cc1Br)N/N=C/c1ccc(Cl)cc1. The molecule has 3 rings (SSSR count). The third-order valence-electron chi connectivity index (χ3n) is 3.67. The maximum Gasteiger partial charge on any atom is 0.277 e. The van der Waals surface area contributed by atoms with Crippen LogP contribution in [0.1, 0.15) is 5.56 Å². The second kappa shape index (κ2) is 9.35. The highest BCUT2D eigenvalue weighted by atomic mass is 79.9. The molecule has 0 aliphatic carbocycles. The van der Waals surface area contributed by atoms with Gasteiger partial charge in [0.15, 0.2) is 6.61 Å². The van der Waals surface area contributed by atoms with E-state index < -0.39 is 0 Å². The van der Waals surface area contributed by atoms with Crippen LogP contribution < -0.4 is 10.2 Å². The first kappa shape index (κ1) is 19.1. The number of rotatable bonds is 6. The Morgan fingerprint density at radius 1 is 1.04 bits per heavy atom. The first-order valence-corrected chi connectivity index (χ1v) is 9.34. The summed E-state index contributed by atoms with van der Waals surface area (Å²) in [6, 6.07) is 22.9. The van der Waals surface area contributed by atoms with Gasteiger partial charge in [-0.3, -0.25) is 4.79 Å². The molecule has 0 aliphatic rings. The van der Waals surface area contributed by atoms with Crippen molar-refractivity contribution in [3.8, 4) is 16.9 Å². The number of halogens is 2. The molecule has 3 aromatic rings. The van der Waals surface area contributed by atoms with E-state index in [0.717, 1.165) is 21.2 Å². The summed E-state index contributed by atoms with van der Waals surface area (Å²) in [5.41, 5.74) is 5.44. The van der Waals surface area contributed by atoms with Gasteiger partial charge in [0.1, 0.15) is 5.75 Å². The van der Waals surface area contributed by atoms with Crippen LogP contribution in [0.15, 0.2) is 82.4 Å². The van der Waals surface area contributed by atoms with Gasteiger partial charge in [0.25, 0.3) is 5.91 Å². The minimum absolute atomic E-state index is 0.138. The second-order valence-electron chi connectivity index (χ2n) is 5.64. The Labute approximate surface area is 171 Å². The summed E-state index contributed by atoms with van der Waals surface area (Å²) in [4.78, 5) is 11.9. The lowest BCUT2D eigenvalue weighted by Gasteiger charge is -2.09. The highest BCUT2D eigenvalue weighted by Gasteiger charge is 2.07. The lowest BCUT2D eigenvalue weighted by atomic mass is 10.1. The molecular formula is C21H16BrClN2O2. The quantitative estimate of drug-likeness (QED) is 0.415. The maximum atomic E-state index is 11.9. The van der Waals surface area contributed by atoms with Gasteiger partial charge in [0, 0.05) is 5.02 Å². The molecule has 1 amide bonds. The van der Waals surface area contributed by atoms with Gasteiger partial charge in [-0.15, -0.1) is 0 Å². The minimum Gasteiger partial charge on any atom is -0.483 e. The van der Waals surface area contributed by atoms with Crippen molar-refractivity contribution in [1.82, 2.24) is 5.43 Å². The smallest absolute Gasteiger partial charge is 0.277 e. The molecule has 0 atom stereocenters. The fourth-order valence-electron chi connectivity index (χ4n) is 2.33. The van der Waals surface area contributed by atoms with Gasteiger partial charge in [-0.05, 0) is 56.9 Å². The van der Waals surface area contributed by atoms with Crippen molar-refractivity contribution in [2.75, 3.05) is 6.61 Å². The Hall–Kier alpha value is -2.63. The predicted octanol–water partition coefficient (Wildman–Crippen LogP) is 5.30. The van der Waals surface area contributed by atoms with Crippen LogP contribution in [0, 0.1) is 0 Å². The van der Waals surface area contributed by atoms with Crippen LogP contribution in [0.4, 0.5) is 0 Å². The highest BCUT2D eigenvalue weighted by molar-refractivity contribution is 9.10. The number of nitrogens with one attached hydrogen (secondary N) is 1. The van der Waals surface area contributed by atoms with Gasteiger partial charge in [0.05, 0.1) is 10.7 Å². The molecule has 0 heterocycles. The highest BCUT2D eigenvalue weighted by Crippen LogP contribution is 2.30. The molecule has 0 bridgehead atoms. The normalized spacial score (nSPS) is 10.7. The Morgan fingerprint density at radius 3 is 2.48 bits per heavy atom. The van der Waals surface area contributed by atoms with Crippen molar-refractivity contribution in [2.24, 2.45) is 5.10 Å². The number of carbonyl (C=O) groups excluding carboxylic acids is 1. The lowest BCUT2D eigenvalue weighted by molar-refractivity contribution is -0.123. The number of hydrogen-bond acceptors (Lipinski definition) is 3. The molecule has 6 heteroatoms. The average Bonchev–Trinajstić information content (AvgIpc) is 2.69. The van der Waals surface area contributed by atoms with Crippen molar-refractivity contribution < 1.29 is 9.53 Å². The largest absolute Gasteiger partial charge is 0.483 e. The molecule has 136 valence electrons. The first-order valence-electron chi connectivity index (χ1n) is 8.17. The first-order chi connectivity index (χ1) is 13.1. The number of hydrazone groups is 1. The molecule has 3 aromatic carbocycles. The molecule has 0 aromatic heterocycles. The van der Waals surface area contributed by atoms with Gasteiger partial charge < -0.3 is 4.74 Å². The number of carbonyl (C=O) groups is 1. The number of nitrogens with zero attached hydrogens (tertiary/aromatic N) is 1. The van der Waals surface area contributed by atoms with E-state index in [-0.39, 0.29) is 12.5 Å². The molecule has 1 N–H and O–H groups in total. The van der Waals surface area contributed by atoms with Crippen LogP contribution in [0.2, 0.25) is 5.02 Å². The van der Waals surface area contributed by atoms with Crippen LogP contribution in [0.3, 0.4) is 0 Å². The minimum atomic E-state index is -0.348. The number of benzene rings is 3. The molecule has 0 aliphatic heterocycles. The van der Waals surface area contributed by atoms with Crippen LogP contribution in [-0.4, -0.2) is 18.7 Å². The summed E-state index contributed by atoms with van der Waals surface area (Å²) in [6.45, 7) is -0.138. The summed E-state index contributed by atoms with van der Waals surface area (Å²) in [7, 11) is 0. The zero-order valence-corrected chi connectivity index (χ0v) is 16.6. The number of amides is 1. The topological polar surface area (TPSA) is 50.7 Å². The molecule has 0 saturated carbocycles. The van der Waals surface area contributed by atoms with Gasteiger partial charge in [-0.25, -0.2) is 5.43 Å². The zero-order valence-electron chi connectivity index (χ0n) is 14.2. The van der Waals surface area contributed by atoms with Gasteiger partial charge in [-0.1, -0.05) is 60.1 Å². The van der Waals surface area contributed by atoms with Crippen LogP contribution in [0.25, 0.3) is 11.1 Å². The van der Waals surface area contributed by atoms with E-state index in [9.17, 15) is 4.79 Å². The predicted molar refractivity (Wildman–Crippen MR) is 112 cm³/mol. The van der Waals surface area contributed by atoms with Gasteiger partial charge in [-0.2, -0.15) is 5.10 Å². The molecule has 0 saturated heterocycles. The molecular weight excluding hydrogens is 428 g/mol. The molecule has 0 radical (unpaired) electrons. The van der Waals surface area contributed by atoms with Crippen LogP contribution in [0.5, 0.6) is 5.75 Å². The van der Waals surface area contributed by atoms with Crippen molar-refractivity contribution in [2.45, 2.75) is 0 Å². The zero-order chi connectivity index (χ0) is 19.1. The van der Waals surface area contributed by atoms with Crippen molar-refractivity contribution >= 4 is 39.7 Å². The van der Waals surface area contributed by atoms with E-state index in [1.165, 1.54) is 0 Å². The van der Waals surface area contributed by atoms with E-state index in [2.05, 4.69) is 26.5 Å². The molecule has 0 fully saturated rings. The summed E-state index contributed by atoms with van der Waals surface area (Å²) in [5, 5.41) is 4.55. The number of hydrogen-bond donors (Lipinski definition) is 1. The van der Waals surface area contributed by atoms with Crippen molar-refractivity contribution in [1.29, 1.82) is 0 Å². The summed E-state index contributed by atoms with van der Waals surface area (Å²) < 4.78 is 6.34. The maximum absolute atomic E-state index is 11.9. The molecule has 0 unspecified atom stereocenters. The van der Waals surface area contributed by atoms with E-state index in [0.29, 0.717) is 10.8 Å². The van der Waals surface area contributed by atoms with E-state index in [1.54, 1.807) is 30.5 Å². The van der Waals surface area contributed by atoms with Crippen LogP contribution >= 0.6 is 27.5 Å². The summed E-state index contributed by atoms with van der Waals surface area (Å²) in [5.74, 6) is 0.241. The van der Waals surface area contributed by atoms with Gasteiger partial charge in [0.2, 0.25) is 0 Å². The van der Waals surface area contributed by atoms with E-state index in [4.69, 9.17) is 16.3 Å². The van der Waals surface area contributed by atoms with Crippen LogP contribution in [-0.2, 0) is 4.79 Å². The third kappa shape index (κ3) is 5.67. The Balaban J connectivity index is 1.53. The molecule has 0 spiro atoms. The molecule has 27 heavy (non-hydrogen) atoms. The van der Waals surface area contributed by atoms with Crippen molar-refractivity contribution in [3.63, 3.8) is 0 Å². The Bertz CT molecular complexity index is 944. The standard InChI is InChI=1S/C21H16BrClN2O2/c22-19-12-17(16-4-2-1-3-5-16)8-11-20(19)27-14-21(26)25-24-13-15-6-9-18(23)10-7-15/h1-13H,14H2,(H,25,26)/b24-13+. The molecule has 4 nitrogen and oxygen atoms in total. The third-order valence-corrected chi connectivity index (χ3v) is 4.54. The van der Waals surface area contributed by atoms with Crippen molar-refractivity contribution in [3.05, 3.63) is 87.9 Å². The fourth-order valence-corrected chi connectivity index (χ4v) is 2.95. The lowest BCUT2D eigenvalue weighted by Crippen LogP contribution is -2.24. The summed E-state index contributed by atoms with van der Waals surface area (Å²) >= 11 is 9.30.